The molecule has 18 heavy (non-hydrogen) atoms. The van der Waals surface area contributed by atoms with Gasteiger partial charge in [-0.15, -0.1) is 5.10 Å². The fraction of sp³-hybridized carbons (Fsp3) is 0.462. The van der Waals surface area contributed by atoms with Crippen molar-refractivity contribution in [2.24, 2.45) is 17.0 Å². The van der Waals surface area contributed by atoms with Crippen LogP contribution in [0.1, 0.15) is 25.3 Å². The van der Waals surface area contributed by atoms with E-state index < -0.39 is 0 Å². The molecule has 2 bridgehead atoms. The zero-order chi connectivity index (χ0) is 12.1. The highest BCUT2D eigenvalue weighted by Crippen LogP contribution is 2.49. The molecule has 0 radical (unpaired) electrons. The number of oxime groups is 1. The largest absolute Gasteiger partial charge is 0.411 e. The number of hydrogen-bond donors (Lipinski definition) is 1. The van der Waals surface area contributed by atoms with E-state index in [9.17, 15) is 5.21 Å². The molecule has 1 heterocycles. The van der Waals surface area contributed by atoms with E-state index in [1.54, 1.807) is 0 Å². The maximum absolute atomic E-state index is 9.26. The predicted octanol–water partition coefficient (Wildman–Crippen LogP) is 2.23. The van der Waals surface area contributed by atoms with Gasteiger partial charge in [0.05, 0.1) is 17.3 Å². The molecule has 0 aliphatic heterocycles. The van der Waals surface area contributed by atoms with E-state index in [0.29, 0.717) is 11.8 Å². The number of para-hydroxylation sites is 1. The predicted molar refractivity (Wildman–Crippen MR) is 66.6 cm³/mol. The second-order valence-corrected chi connectivity index (χ2v) is 5.26. The zero-order valence-corrected chi connectivity index (χ0v) is 9.90. The van der Waals surface area contributed by atoms with Gasteiger partial charge >= 0.3 is 0 Å². The number of benzene rings is 1. The van der Waals surface area contributed by atoms with E-state index in [1.807, 2.05) is 28.9 Å². The summed E-state index contributed by atoms with van der Waals surface area (Å²) in [6, 6.07) is 8.04. The van der Waals surface area contributed by atoms with Crippen molar-refractivity contribution < 1.29 is 5.21 Å². The van der Waals surface area contributed by atoms with Gasteiger partial charge in [0.2, 0.25) is 0 Å². The highest BCUT2D eigenvalue weighted by Gasteiger charge is 2.47. The molecule has 4 rings (SSSR count). The molecule has 2 aliphatic rings. The molecule has 0 amide bonds. The average molecular weight is 242 g/mol. The van der Waals surface area contributed by atoms with Gasteiger partial charge in [-0.1, -0.05) is 22.5 Å². The van der Waals surface area contributed by atoms with Crippen molar-refractivity contribution in [3.8, 4) is 0 Å². The third kappa shape index (κ3) is 1.19. The van der Waals surface area contributed by atoms with Crippen molar-refractivity contribution in [1.82, 2.24) is 15.0 Å². The van der Waals surface area contributed by atoms with E-state index in [1.165, 1.54) is 6.42 Å². The minimum atomic E-state index is 0.0983. The van der Waals surface area contributed by atoms with Gasteiger partial charge in [0, 0.05) is 5.92 Å². The quantitative estimate of drug-likeness (QED) is 0.616. The summed E-state index contributed by atoms with van der Waals surface area (Å²) in [4.78, 5) is 0. The molecule has 2 aliphatic carbocycles. The Hall–Kier alpha value is -1.91. The number of aromatic nitrogens is 3. The van der Waals surface area contributed by atoms with Crippen molar-refractivity contribution in [3.05, 3.63) is 24.3 Å². The summed E-state index contributed by atoms with van der Waals surface area (Å²) in [6.07, 6.45) is 3.47. The third-order valence-electron chi connectivity index (χ3n) is 4.40. The first-order valence-corrected chi connectivity index (χ1v) is 6.40. The maximum atomic E-state index is 9.26. The Balaban J connectivity index is 1.88. The van der Waals surface area contributed by atoms with E-state index in [0.717, 1.165) is 29.6 Å². The van der Waals surface area contributed by atoms with Crippen molar-refractivity contribution >= 4 is 16.7 Å². The smallest absolute Gasteiger partial charge is 0.113 e. The third-order valence-corrected chi connectivity index (χ3v) is 4.40. The Morgan fingerprint density at radius 1 is 1.28 bits per heavy atom. The van der Waals surface area contributed by atoms with Gasteiger partial charge in [-0.25, -0.2) is 4.68 Å². The lowest BCUT2D eigenvalue weighted by Gasteiger charge is -2.23. The molecule has 5 nitrogen and oxygen atoms in total. The van der Waals surface area contributed by atoms with Crippen LogP contribution in [-0.4, -0.2) is 25.9 Å². The average Bonchev–Trinajstić information content (AvgIpc) is 3.11. The van der Waals surface area contributed by atoms with Crippen molar-refractivity contribution in [2.45, 2.75) is 25.3 Å². The molecule has 2 saturated carbocycles. The van der Waals surface area contributed by atoms with Crippen LogP contribution in [-0.2, 0) is 0 Å². The van der Waals surface area contributed by atoms with Crippen molar-refractivity contribution in [3.63, 3.8) is 0 Å². The molecular formula is C13H14N4O. The van der Waals surface area contributed by atoms with Gasteiger partial charge in [-0.05, 0) is 37.3 Å². The van der Waals surface area contributed by atoms with Crippen LogP contribution in [0.5, 0.6) is 0 Å². The molecule has 0 spiro atoms. The lowest BCUT2D eigenvalue weighted by molar-refractivity contribution is 0.305. The number of rotatable bonds is 1. The van der Waals surface area contributed by atoms with Gasteiger partial charge in [-0.3, -0.25) is 0 Å². The maximum Gasteiger partial charge on any atom is 0.113 e. The molecule has 1 N–H and O–H groups in total. The highest BCUT2D eigenvalue weighted by atomic mass is 16.4. The minimum absolute atomic E-state index is 0.0983. The van der Waals surface area contributed by atoms with Crippen LogP contribution in [0.25, 0.3) is 11.0 Å². The molecule has 3 atom stereocenters. The van der Waals surface area contributed by atoms with Gasteiger partial charge in [0.1, 0.15) is 5.52 Å². The van der Waals surface area contributed by atoms with Crippen LogP contribution in [0.3, 0.4) is 0 Å². The Morgan fingerprint density at radius 2 is 2.17 bits per heavy atom. The summed E-state index contributed by atoms with van der Waals surface area (Å²) in [6.45, 7) is 0. The van der Waals surface area contributed by atoms with Crippen LogP contribution in [0.2, 0.25) is 0 Å². The summed E-state index contributed by atoms with van der Waals surface area (Å²) >= 11 is 0. The highest BCUT2D eigenvalue weighted by molar-refractivity contribution is 5.94. The molecule has 5 heteroatoms. The Bertz CT molecular complexity index is 633. The summed E-state index contributed by atoms with van der Waals surface area (Å²) < 4.78 is 1.94. The lowest BCUT2D eigenvalue weighted by Crippen LogP contribution is -2.26. The Kier molecular flexibility index (Phi) is 1.98. The van der Waals surface area contributed by atoms with Crippen molar-refractivity contribution in [2.75, 3.05) is 0 Å². The van der Waals surface area contributed by atoms with E-state index in [4.69, 9.17) is 0 Å². The number of nitrogens with zero attached hydrogens (tertiary/aromatic N) is 4. The number of fused-ring (bicyclic) bond motifs is 3. The monoisotopic (exact) mass is 242 g/mol. The standard InChI is InChI=1S/C13H14N4O/c18-15-12-8-5-6-9(7-8)13(12)17-11-4-2-1-3-10(11)14-16-17/h1-4,8-9,13,18H,5-7H2/b15-12-. The Labute approximate surface area is 104 Å². The fourth-order valence-electron chi connectivity index (χ4n) is 3.61. The summed E-state index contributed by atoms with van der Waals surface area (Å²) in [5, 5.41) is 21.3. The van der Waals surface area contributed by atoms with Gasteiger partial charge in [0.25, 0.3) is 0 Å². The van der Waals surface area contributed by atoms with Crippen LogP contribution in [0.15, 0.2) is 29.4 Å². The van der Waals surface area contributed by atoms with Gasteiger partial charge < -0.3 is 5.21 Å². The van der Waals surface area contributed by atoms with Crippen LogP contribution < -0.4 is 0 Å². The van der Waals surface area contributed by atoms with E-state index in [-0.39, 0.29) is 6.04 Å². The van der Waals surface area contributed by atoms with Crippen LogP contribution in [0, 0.1) is 11.8 Å². The first kappa shape index (κ1) is 10.1. The van der Waals surface area contributed by atoms with E-state index in [2.05, 4.69) is 15.5 Å². The van der Waals surface area contributed by atoms with Crippen molar-refractivity contribution in [1.29, 1.82) is 0 Å². The summed E-state index contributed by atoms with van der Waals surface area (Å²) in [5.41, 5.74) is 2.82. The fourth-order valence-corrected chi connectivity index (χ4v) is 3.61. The molecular weight excluding hydrogens is 228 g/mol. The molecule has 2 aromatic rings. The summed E-state index contributed by atoms with van der Waals surface area (Å²) in [7, 11) is 0. The second kappa shape index (κ2) is 3.54. The van der Waals surface area contributed by atoms with E-state index >= 15 is 0 Å². The molecule has 1 aromatic carbocycles. The van der Waals surface area contributed by atoms with Gasteiger partial charge in [-0.2, -0.15) is 0 Å². The van der Waals surface area contributed by atoms with Gasteiger partial charge in [0.15, 0.2) is 0 Å². The normalized spacial score (nSPS) is 32.7. The molecule has 0 saturated heterocycles. The first-order chi connectivity index (χ1) is 8.88. The SMILES string of the molecule is O/N=C1/C2CCC(C2)C1n1nnc2ccccc21. The number of hydrogen-bond acceptors (Lipinski definition) is 4. The zero-order valence-electron chi connectivity index (χ0n) is 9.90. The molecule has 3 unspecified atom stereocenters. The summed E-state index contributed by atoms with van der Waals surface area (Å²) in [5.74, 6) is 0.985. The first-order valence-electron chi connectivity index (χ1n) is 6.40. The molecule has 2 fully saturated rings. The molecule has 92 valence electrons. The second-order valence-electron chi connectivity index (χ2n) is 5.26. The van der Waals surface area contributed by atoms with Crippen LogP contribution >= 0.6 is 0 Å². The Morgan fingerprint density at radius 3 is 3.06 bits per heavy atom. The minimum Gasteiger partial charge on any atom is -0.411 e. The van der Waals surface area contributed by atoms with Crippen LogP contribution in [0.4, 0.5) is 0 Å². The lowest BCUT2D eigenvalue weighted by atomic mass is 9.93. The topological polar surface area (TPSA) is 63.3 Å². The molecule has 1 aromatic heterocycles.